The van der Waals surface area contributed by atoms with Crippen LogP contribution in [-0.2, 0) is 14.8 Å². The van der Waals surface area contributed by atoms with Crippen LogP contribution in [0.4, 0.5) is 0 Å². The molecule has 1 aliphatic carbocycles. The number of ether oxygens (including phenoxy) is 1. The predicted molar refractivity (Wildman–Crippen MR) is 81.9 cm³/mol. The molecule has 1 N–H and O–H groups in total. The smallest absolute Gasteiger partial charge is 0.242 e. The molecule has 1 heterocycles. The Bertz CT molecular complexity index is 528. The van der Waals surface area contributed by atoms with E-state index >= 15 is 0 Å². The maximum atomic E-state index is 12.0. The number of sulfonamides is 1. The summed E-state index contributed by atoms with van der Waals surface area (Å²) in [5.74, 6) is 0. The molecule has 21 heavy (non-hydrogen) atoms. The molecular formula is C14H21ClN2O3S. The van der Waals surface area contributed by atoms with Crippen LogP contribution < -0.4 is 4.72 Å². The second-order valence-corrected chi connectivity index (χ2v) is 7.35. The van der Waals surface area contributed by atoms with Gasteiger partial charge in [0.05, 0.1) is 6.10 Å². The van der Waals surface area contributed by atoms with Crippen LogP contribution in [0.2, 0.25) is 5.15 Å². The third-order valence-electron chi connectivity index (χ3n) is 3.53. The molecule has 0 aromatic carbocycles. The van der Waals surface area contributed by atoms with Crippen LogP contribution in [0, 0.1) is 0 Å². The zero-order valence-corrected chi connectivity index (χ0v) is 13.5. The summed E-state index contributed by atoms with van der Waals surface area (Å²) in [4.78, 5) is 3.90. The van der Waals surface area contributed by atoms with E-state index in [9.17, 15) is 8.42 Å². The van der Waals surface area contributed by atoms with Gasteiger partial charge in [0, 0.05) is 19.3 Å². The Kier molecular flexibility index (Phi) is 6.41. The van der Waals surface area contributed by atoms with Crippen molar-refractivity contribution in [1.29, 1.82) is 0 Å². The SMILES string of the molecule is O=S(=O)(NCCCOC1CCCCC1)c1ccc(Cl)nc1. The van der Waals surface area contributed by atoms with E-state index in [1.807, 2.05) is 0 Å². The maximum Gasteiger partial charge on any atom is 0.242 e. The highest BCUT2D eigenvalue weighted by molar-refractivity contribution is 7.89. The lowest BCUT2D eigenvalue weighted by Crippen LogP contribution is -2.26. The van der Waals surface area contributed by atoms with Crippen LogP contribution in [0.3, 0.4) is 0 Å². The van der Waals surface area contributed by atoms with E-state index in [-0.39, 0.29) is 10.0 Å². The minimum Gasteiger partial charge on any atom is -0.378 e. The van der Waals surface area contributed by atoms with Crippen LogP contribution in [0.1, 0.15) is 38.5 Å². The first-order valence-electron chi connectivity index (χ1n) is 7.31. The Labute approximate surface area is 131 Å². The van der Waals surface area contributed by atoms with Gasteiger partial charge in [-0.1, -0.05) is 30.9 Å². The fourth-order valence-electron chi connectivity index (χ4n) is 2.37. The molecule has 5 nitrogen and oxygen atoms in total. The molecule has 0 bridgehead atoms. The Morgan fingerprint density at radius 3 is 2.71 bits per heavy atom. The van der Waals surface area contributed by atoms with Crippen molar-refractivity contribution in [3.8, 4) is 0 Å². The van der Waals surface area contributed by atoms with E-state index < -0.39 is 10.0 Å². The summed E-state index contributed by atoms with van der Waals surface area (Å²) in [6.07, 6.45) is 8.30. The van der Waals surface area contributed by atoms with Crippen LogP contribution in [0.15, 0.2) is 23.2 Å². The number of hydrogen-bond acceptors (Lipinski definition) is 4. The van der Waals surface area contributed by atoms with Crippen molar-refractivity contribution in [2.24, 2.45) is 0 Å². The van der Waals surface area contributed by atoms with Gasteiger partial charge in [-0.2, -0.15) is 0 Å². The van der Waals surface area contributed by atoms with Crippen molar-refractivity contribution >= 4 is 21.6 Å². The molecule has 0 saturated heterocycles. The van der Waals surface area contributed by atoms with Gasteiger partial charge in [0.25, 0.3) is 0 Å². The Morgan fingerprint density at radius 1 is 1.29 bits per heavy atom. The summed E-state index contributed by atoms with van der Waals surface area (Å²) in [7, 11) is -3.51. The van der Waals surface area contributed by atoms with Gasteiger partial charge >= 0.3 is 0 Å². The fraction of sp³-hybridized carbons (Fsp3) is 0.643. The van der Waals surface area contributed by atoms with E-state index in [2.05, 4.69) is 9.71 Å². The number of halogens is 1. The van der Waals surface area contributed by atoms with Crippen molar-refractivity contribution in [1.82, 2.24) is 9.71 Å². The van der Waals surface area contributed by atoms with E-state index in [0.717, 1.165) is 12.8 Å². The molecule has 1 fully saturated rings. The summed E-state index contributed by atoms with van der Waals surface area (Å²) >= 11 is 5.64. The van der Waals surface area contributed by atoms with Crippen LogP contribution >= 0.6 is 11.6 Å². The molecule has 7 heteroatoms. The summed E-state index contributed by atoms with van der Waals surface area (Å²) in [5.41, 5.74) is 0. The van der Waals surface area contributed by atoms with Crippen molar-refractivity contribution in [3.05, 3.63) is 23.5 Å². The lowest BCUT2D eigenvalue weighted by molar-refractivity contribution is 0.0278. The third kappa shape index (κ3) is 5.54. The summed E-state index contributed by atoms with van der Waals surface area (Å²) in [5, 5.41) is 0.273. The second kappa shape index (κ2) is 8.08. The van der Waals surface area contributed by atoms with E-state index in [0.29, 0.717) is 25.7 Å². The summed E-state index contributed by atoms with van der Waals surface area (Å²) in [6.45, 7) is 0.948. The largest absolute Gasteiger partial charge is 0.378 e. The van der Waals surface area contributed by atoms with Gasteiger partial charge < -0.3 is 4.74 Å². The highest BCUT2D eigenvalue weighted by Crippen LogP contribution is 2.20. The molecule has 1 aromatic rings. The molecule has 118 valence electrons. The topological polar surface area (TPSA) is 68.3 Å². The van der Waals surface area contributed by atoms with Gasteiger partial charge in [-0.05, 0) is 31.4 Å². The molecule has 0 radical (unpaired) electrons. The fourth-order valence-corrected chi connectivity index (χ4v) is 3.50. The van der Waals surface area contributed by atoms with Gasteiger partial charge in [-0.3, -0.25) is 0 Å². The Morgan fingerprint density at radius 2 is 2.05 bits per heavy atom. The molecular weight excluding hydrogens is 312 g/mol. The van der Waals surface area contributed by atoms with Gasteiger partial charge in [0.1, 0.15) is 10.0 Å². The van der Waals surface area contributed by atoms with Crippen molar-refractivity contribution in [2.75, 3.05) is 13.2 Å². The Hall–Kier alpha value is -0.690. The first-order valence-corrected chi connectivity index (χ1v) is 9.17. The average Bonchev–Trinajstić information content (AvgIpc) is 2.48. The first-order chi connectivity index (χ1) is 10.1. The zero-order chi connectivity index (χ0) is 15.1. The number of rotatable bonds is 7. The van der Waals surface area contributed by atoms with Crippen LogP contribution in [0.25, 0.3) is 0 Å². The molecule has 2 rings (SSSR count). The van der Waals surface area contributed by atoms with E-state index in [4.69, 9.17) is 16.3 Å². The first kappa shape index (κ1) is 16.7. The predicted octanol–water partition coefficient (Wildman–Crippen LogP) is 2.75. The summed E-state index contributed by atoms with van der Waals surface area (Å²) < 4.78 is 32.2. The van der Waals surface area contributed by atoms with Gasteiger partial charge in [-0.25, -0.2) is 18.1 Å². The van der Waals surface area contributed by atoms with Crippen LogP contribution in [0.5, 0.6) is 0 Å². The number of pyridine rings is 1. The average molecular weight is 333 g/mol. The summed E-state index contributed by atoms with van der Waals surface area (Å²) in [6, 6.07) is 2.90. The molecule has 1 saturated carbocycles. The molecule has 0 spiro atoms. The lowest BCUT2D eigenvalue weighted by Gasteiger charge is -2.21. The lowest BCUT2D eigenvalue weighted by atomic mass is 9.98. The minimum atomic E-state index is -3.51. The van der Waals surface area contributed by atoms with Gasteiger partial charge in [0.15, 0.2) is 0 Å². The Balaban J connectivity index is 1.68. The van der Waals surface area contributed by atoms with Crippen LogP contribution in [-0.4, -0.2) is 32.7 Å². The minimum absolute atomic E-state index is 0.125. The maximum absolute atomic E-state index is 12.0. The standard InChI is InChI=1S/C14H21ClN2O3S/c15-14-8-7-13(11-16-14)21(18,19)17-9-4-10-20-12-5-2-1-3-6-12/h7-8,11-12,17H,1-6,9-10H2. The number of hydrogen-bond donors (Lipinski definition) is 1. The highest BCUT2D eigenvalue weighted by Gasteiger charge is 2.15. The molecule has 0 atom stereocenters. The molecule has 1 aliphatic rings. The number of nitrogens with zero attached hydrogens (tertiary/aromatic N) is 1. The zero-order valence-electron chi connectivity index (χ0n) is 11.9. The molecule has 0 aliphatic heterocycles. The monoisotopic (exact) mass is 332 g/mol. The normalized spacial score (nSPS) is 17.0. The van der Waals surface area contributed by atoms with Crippen molar-refractivity contribution < 1.29 is 13.2 Å². The molecule has 0 amide bonds. The number of aromatic nitrogens is 1. The second-order valence-electron chi connectivity index (χ2n) is 5.20. The number of nitrogens with one attached hydrogen (secondary N) is 1. The quantitative estimate of drug-likeness (QED) is 0.615. The third-order valence-corrected chi connectivity index (χ3v) is 5.20. The van der Waals surface area contributed by atoms with Gasteiger partial charge in [-0.15, -0.1) is 0 Å². The van der Waals surface area contributed by atoms with E-state index in [1.54, 1.807) is 0 Å². The molecule has 0 unspecified atom stereocenters. The van der Waals surface area contributed by atoms with E-state index in [1.165, 1.54) is 37.6 Å². The van der Waals surface area contributed by atoms with Crippen molar-refractivity contribution in [2.45, 2.75) is 49.5 Å². The molecule has 1 aromatic heterocycles. The highest BCUT2D eigenvalue weighted by atomic mass is 35.5. The van der Waals surface area contributed by atoms with Gasteiger partial charge in [0.2, 0.25) is 10.0 Å². The van der Waals surface area contributed by atoms with Crippen molar-refractivity contribution in [3.63, 3.8) is 0 Å².